The zero-order chi connectivity index (χ0) is 9.42. The molecule has 2 aromatic rings. The van der Waals surface area contributed by atoms with E-state index < -0.39 is 0 Å². The number of rotatable bonds is 1. The summed E-state index contributed by atoms with van der Waals surface area (Å²) in [5.74, 6) is 1.40. The normalized spacial score (nSPS) is 10.6. The Morgan fingerprint density at radius 3 is 2.62 bits per heavy atom. The summed E-state index contributed by atoms with van der Waals surface area (Å²) in [7, 11) is 0. The zero-order valence-electron chi connectivity index (χ0n) is 7.33. The summed E-state index contributed by atoms with van der Waals surface area (Å²) >= 11 is 1.27. The molecule has 0 aliphatic carbocycles. The first kappa shape index (κ1) is 8.18. The molecule has 0 aromatic carbocycles. The Morgan fingerprint density at radius 1 is 1.38 bits per heavy atom. The Morgan fingerprint density at radius 2 is 2.15 bits per heavy atom. The Balaban J connectivity index is 2.57. The van der Waals surface area contributed by atoms with Crippen molar-refractivity contribution in [1.82, 2.24) is 19.6 Å². The van der Waals surface area contributed by atoms with E-state index in [9.17, 15) is 0 Å². The Bertz CT molecular complexity index is 410. The number of aromatic nitrogens is 4. The highest BCUT2D eigenvalue weighted by molar-refractivity contribution is 7.10. The summed E-state index contributed by atoms with van der Waals surface area (Å²) in [5.41, 5.74) is 7.46. The van der Waals surface area contributed by atoms with Gasteiger partial charge in [-0.2, -0.15) is 9.47 Å². The highest BCUT2D eigenvalue weighted by atomic mass is 32.1. The van der Waals surface area contributed by atoms with Crippen LogP contribution in [-0.2, 0) is 0 Å². The lowest BCUT2D eigenvalue weighted by molar-refractivity contribution is 1.04. The zero-order valence-corrected chi connectivity index (χ0v) is 8.14. The summed E-state index contributed by atoms with van der Waals surface area (Å²) in [6.45, 7) is 3.75. The number of anilines is 1. The maximum absolute atomic E-state index is 5.74. The number of H-pyrrole nitrogens is 1. The molecule has 3 N–H and O–H groups in total. The molecule has 0 aliphatic heterocycles. The number of nitrogen functional groups attached to an aromatic ring is 1. The van der Waals surface area contributed by atoms with E-state index >= 15 is 0 Å². The number of aromatic amines is 1. The van der Waals surface area contributed by atoms with E-state index in [0.29, 0.717) is 10.8 Å². The maximum atomic E-state index is 5.74. The Labute approximate surface area is 79.2 Å². The van der Waals surface area contributed by atoms with Crippen molar-refractivity contribution in [1.29, 1.82) is 0 Å². The van der Waals surface area contributed by atoms with Crippen LogP contribution in [0.4, 0.5) is 5.00 Å². The second-order valence-corrected chi connectivity index (χ2v) is 3.56. The number of aryl methyl sites for hydroxylation is 2. The topological polar surface area (TPSA) is 80.5 Å². The molecule has 0 atom stereocenters. The number of hydrogen-bond acceptors (Lipinski definition) is 5. The molecule has 0 bridgehead atoms. The van der Waals surface area contributed by atoms with Crippen molar-refractivity contribution in [2.75, 3.05) is 5.73 Å². The van der Waals surface area contributed by atoms with Crippen LogP contribution in [0.25, 0.3) is 11.4 Å². The summed E-state index contributed by atoms with van der Waals surface area (Å²) < 4.78 is 4.12. The summed E-state index contributed by atoms with van der Waals surface area (Å²) in [6, 6.07) is 0. The van der Waals surface area contributed by atoms with Gasteiger partial charge in [0.15, 0.2) is 5.82 Å². The van der Waals surface area contributed by atoms with Crippen molar-refractivity contribution in [3.8, 4) is 11.4 Å². The minimum atomic E-state index is 0.626. The molecule has 5 nitrogen and oxygen atoms in total. The highest BCUT2D eigenvalue weighted by Crippen LogP contribution is 2.29. The van der Waals surface area contributed by atoms with Gasteiger partial charge in [-0.3, -0.25) is 5.10 Å². The molecule has 0 fully saturated rings. The van der Waals surface area contributed by atoms with E-state index in [4.69, 9.17) is 5.73 Å². The van der Waals surface area contributed by atoms with Gasteiger partial charge in [-0.15, -0.1) is 0 Å². The Hall–Kier alpha value is -1.43. The molecule has 0 saturated heterocycles. The molecule has 2 rings (SSSR count). The van der Waals surface area contributed by atoms with Crippen LogP contribution >= 0.6 is 11.5 Å². The average molecular weight is 195 g/mol. The van der Waals surface area contributed by atoms with Crippen molar-refractivity contribution in [3.63, 3.8) is 0 Å². The highest BCUT2D eigenvalue weighted by Gasteiger charge is 2.13. The Kier molecular flexibility index (Phi) is 1.77. The summed E-state index contributed by atoms with van der Waals surface area (Å²) in [5, 5.41) is 7.47. The number of hydrogen-bond donors (Lipinski definition) is 2. The minimum Gasteiger partial charge on any atom is -0.389 e. The first-order chi connectivity index (χ1) is 6.18. The molecule has 13 heavy (non-hydrogen) atoms. The number of nitrogens with zero attached hydrogens (tertiary/aromatic N) is 3. The first-order valence-electron chi connectivity index (χ1n) is 3.79. The van der Waals surface area contributed by atoms with Crippen LogP contribution in [-0.4, -0.2) is 19.6 Å². The van der Waals surface area contributed by atoms with Crippen LogP contribution in [0.5, 0.6) is 0 Å². The van der Waals surface area contributed by atoms with Gasteiger partial charge in [0.1, 0.15) is 10.8 Å². The molecular formula is C7H9N5S. The monoisotopic (exact) mass is 195 g/mol. The van der Waals surface area contributed by atoms with Gasteiger partial charge in [-0.1, -0.05) is 0 Å². The lowest BCUT2D eigenvalue weighted by Crippen LogP contribution is -1.88. The van der Waals surface area contributed by atoms with E-state index in [1.54, 1.807) is 0 Å². The molecule has 2 heterocycles. The van der Waals surface area contributed by atoms with Crippen LogP contribution in [0.3, 0.4) is 0 Å². The molecule has 0 radical (unpaired) electrons. The molecule has 0 amide bonds. The van der Waals surface area contributed by atoms with Crippen LogP contribution in [0.1, 0.15) is 11.5 Å². The van der Waals surface area contributed by atoms with Gasteiger partial charge in [0.05, 0.1) is 11.3 Å². The lowest BCUT2D eigenvalue weighted by atomic mass is 10.2. The molecule has 68 valence electrons. The second-order valence-electron chi connectivity index (χ2n) is 2.75. The average Bonchev–Trinajstić information content (AvgIpc) is 2.60. The molecule has 2 aromatic heterocycles. The molecule has 0 spiro atoms. The second kappa shape index (κ2) is 2.81. The molecular weight excluding hydrogens is 186 g/mol. The van der Waals surface area contributed by atoms with Crippen molar-refractivity contribution in [3.05, 3.63) is 11.5 Å². The van der Waals surface area contributed by atoms with Gasteiger partial charge in [-0.25, -0.2) is 4.98 Å². The molecule has 6 heteroatoms. The first-order valence-corrected chi connectivity index (χ1v) is 4.57. The van der Waals surface area contributed by atoms with Gasteiger partial charge in [0, 0.05) is 0 Å². The van der Waals surface area contributed by atoms with Gasteiger partial charge in [0.25, 0.3) is 0 Å². The van der Waals surface area contributed by atoms with E-state index in [0.717, 1.165) is 17.1 Å². The maximum Gasteiger partial charge on any atom is 0.185 e. The molecule has 0 saturated carbocycles. The van der Waals surface area contributed by atoms with Crippen LogP contribution in [0, 0.1) is 13.8 Å². The van der Waals surface area contributed by atoms with Gasteiger partial charge in [0.2, 0.25) is 0 Å². The van der Waals surface area contributed by atoms with E-state index in [1.165, 1.54) is 11.5 Å². The van der Waals surface area contributed by atoms with E-state index in [2.05, 4.69) is 19.6 Å². The third-order valence-corrected chi connectivity index (χ3v) is 2.48. The largest absolute Gasteiger partial charge is 0.389 e. The molecule has 0 aliphatic rings. The standard InChI is InChI=1S/C7H9N5S/c1-3-5(6(8)13-12-3)7-9-4(2)10-11-7/h8H2,1-2H3,(H,9,10,11). The van der Waals surface area contributed by atoms with Crippen molar-refractivity contribution in [2.24, 2.45) is 0 Å². The van der Waals surface area contributed by atoms with Gasteiger partial charge >= 0.3 is 0 Å². The van der Waals surface area contributed by atoms with Gasteiger partial charge < -0.3 is 5.73 Å². The van der Waals surface area contributed by atoms with Crippen LogP contribution in [0.2, 0.25) is 0 Å². The third kappa shape index (κ3) is 1.29. The predicted molar refractivity (Wildman–Crippen MR) is 51.4 cm³/mol. The smallest absolute Gasteiger partial charge is 0.185 e. The quantitative estimate of drug-likeness (QED) is 0.714. The predicted octanol–water partition coefficient (Wildman–Crippen LogP) is 1.13. The fraction of sp³-hybridized carbons (Fsp3) is 0.286. The van der Waals surface area contributed by atoms with E-state index in [1.807, 2.05) is 13.8 Å². The minimum absolute atomic E-state index is 0.626. The van der Waals surface area contributed by atoms with Crippen molar-refractivity contribution in [2.45, 2.75) is 13.8 Å². The van der Waals surface area contributed by atoms with Crippen LogP contribution < -0.4 is 5.73 Å². The van der Waals surface area contributed by atoms with Gasteiger partial charge in [-0.05, 0) is 25.4 Å². The van der Waals surface area contributed by atoms with Crippen molar-refractivity contribution < 1.29 is 0 Å². The fourth-order valence-corrected chi connectivity index (χ4v) is 1.77. The van der Waals surface area contributed by atoms with Crippen molar-refractivity contribution >= 4 is 16.5 Å². The molecule has 0 unspecified atom stereocenters. The third-order valence-electron chi connectivity index (χ3n) is 1.71. The van der Waals surface area contributed by atoms with Crippen LogP contribution in [0.15, 0.2) is 0 Å². The lowest BCUT2D eigenvalue weighted by Gasteiger charge is -1.91. The SMILES string of the molecule is Cc1nc(-c2c(C)nsc2N)n[nH]1. The van der Waals surface area contributed by atoms with E-state index in [-0.39, 0.29) is 0 Å². The number of nitrogens with two attached hydrogens (primary N) is 1. The summed E-state index contributed by atoms with van der Waals surface area (Å²) in [4.78, 5) is 4.19. The number of nitrogens with one attached hydrogen (secondary N) is 1. The fourth-order valence-electron chi connectivity index (χ4n) is 1.11. The summed E-state index contributed by atoms with van der Waals surface area (Å²) in [6.07, 6.45) is 0.